The van der Waals surface area contributed by atoms with E-state index in [0.717, 1.165) is 12.8 Å². The van der Waals surface area contributed by atoms with Crippen molar-refractivity contribution in [3.8, 4) is 0 Å². The highest BCUT2D eigenvalue weighted by Gasteiger charge is 2.24. The van der Waals surface area contributed by atoms with Crippen molar-refractivity contribution < 1.29 is 14.0 Å². The molecule has 2 amide bonds. The number of carbonyl (C=O) groups excluding carboxylic acids is 2. The molecule has 22 heavy (non-hydrogen) atoms. The van der Waals surface area contributed by atoms with Crippen LogP contribution in [0.5, 0.6) is 0 Å². The lowest BCUT2D eigenvalue weighted by atomic mass is 10.1. The molecule has 120 valence electrons. The van der Waals surface area contributed by atoms with E-state index in [9.17, 15) is 14.0 Å². The monoisotopic (exact) mass is 306 g/mol. The molecule has 1 saturated carbocycles. The Hall–Kier alpha value is -1.91. The summed E-state index contributed by atoms with van der Waals surface area (Å²) in [4.78, 5) is 25.4. The highest BCUT2D eigenvalue weighted by molar-refractivity contribution is 5.78. The molecule has 2 rings (SSSR count). The highest BCUT2D eigenvalue weighted by atomic mass is 19.1. The lowest BCUT2D eigenvalue weighted by molar-refractivity contribution is -0.131. The Bertz CT molecular complexity index is 527. The Kier molecular flexibility index (Phi) is 5.92. The third kappa shape index (κ3) is 4.83. The number of benzene rings is 1. The topological polar surface area (TPSA) is 49.4 Å². The van der Waals surface area contributed by atoms with Gasteiger partial charge in [0.2, 0.25) is 11.8 Å². The summed E-state index contributed by atoms with van der Waals surface area (Å²) >= 11 is 0. The van der Waals surface area contributed by atoms with Crippen LogP contribution in [0.2, 0.25) is 0 Å². The van der Waals surface area contributed by atoms with E-state index in [-0.39, 0.29) is 24.1 Å². The van der Waals surface area contributed by atoms with Gasteiger partial charge in [-0.3, -0.25) is 9.59 Å². The van der Waals surface area contributed by atoms with Gasteiger partial charge >= 0.3 is 0 Å². The van der Waals surface area contributed by atoms with E-state index in [4.69, 9.17) is 0 Å². The normalized spacial score (nSPS) is 14.8. The number of hydrogen-bond donors (Lipinski definition) is 1. The number of halogens is 1. The molecule has 0 aromatic heterocycles. The fraction of sp³-hybridized carbons (Fsp3) is 0.529. The lowest BCUT2D eigenvalue weighted by Crippen LogP contribution is -2.42. The largest absolute Gasteiger partial charge is 0.354 e. The second-order valence-electron chi connectivity index (χ2n) is 5.81. The molecule has 0 saturated heterocycles. The molecule has 4 nitrogen and oxygen atoms in total. The third-order valence-corrected chi connectivity index (χ3v) is 4.10. The Morgan fingerprint density at radius 3 is 2.68 bits per heavy atom. The van der Waals surface area contributed by atoms with E-state index >= 15 is 0 Å². The van der Waals surface area contributed by atoms with Crippen LogP contribution in [0.25, 0.3) is 0 Å². The zero-order chi connectivity index (χ0) is 15.9. The summed E-state index contributed by atoms with van der Waals surface area (Å²) in [5, 5.41) is 2.80. The highest BCUT2D eigenvalue weighted by Crippen LogP contribution is 2.23. The van der Waals surface area contributed by atoms with Crippen LogP contribution in [-0.4, -0.2) is 35.8 Å². The van der Waals surface area contributed by atoms with Crippen molar-refractivity contribution in [3.63, 3.8) is 0 Å². The molecule has 5 heteroatoms. The SMILES string of the molecule is CC(=O)N(CCNC(=O)Cc1cccc(F)c1)C1CCCC1. The van der Waals surface area contributed by atoms with Crippen LogP contribution in [0.3, 0.4) is 0 Å². The first-order valence-electron chi connectivity index (χ1n) is 7.84. The molecule has 0 unspecified atom stereocenters. The zero-order valence-corrected chi connectivity index (χ0v) is 13.0. The summed E-state index contributed by atoms with van der Waals surface area (Å²) in [5.41, 5.74) is 0.650. The molecule has 0 radical (unpaired) electrons. The summed E-state index contributed by atoms with van der Waals surface area (Å²) < 4.78 is 13.1. The van der Waals surface area contributed by atoms with Gasteiger partial charge in [-0.15, -0.1) is 0 Å². The minimum atomic E-state index is -0.339. The molecule has 0 atom stereocenters. The summed E-state index contributed by atoms with van der Waals surface area (Å²) in [7, 11) is 0. The predicted molar refractivity (Wildman–Crippen MR) is 82.8 cm³/mol. The van der Waals surface area contributed by atoms with Gasteiger partial charge in [-0.05, 0) is 30.5 Å². The van der Waals surface area contributed by atoms with Gasteiger partial charge in [0.1, 0.15) is 5.82 Å². The minimum absolute atomic E-state index is 0.0614. The van der Waals surface area contributed by atoms with Crippen molar-refractivity contribution >= 4 is 11.8 Å². The van der Waals surface area contributed by atoms with Crippen LogP contribution < -0.4 is 5.32 Å². The molecule has 0 bridgehead atoms. The van der Waals surface area contributed by atoms with Crippen LogP contribution in [0.4, 0.5) is 4.39 Å². The molecule has 0 heterocycles. The van der Waals surface area contributed by atoms with Crippen LogP contribution >= 0.6 is 0 Å². The minimum Gasteiger partial charge on any atom is -0.354 e. The van der Waals surface area contributed by atoms with Crippen molar-refractivity contribution in [3.05, 3.63) is 35.6 Å². The number of nitrogens with zero attached hydrogens (tertiary/aromatic N) is 1. The molecule has 1 N–H and O–H groups in total. The van der Waals surface area contributed by atoms with Crippen molar-refractivity contribution in [1.29, 1.82) is 0 Å². The molecular formula is C17H23FN2O2. The Labute approximate surface area is 130 Å². The van der Waals surface area contributed by atoms with Crippen molar-refractivity contribution in [2.75, 3.05) is 13.1 Å². The number of nitrogens with one attached hydrogen (secondary N) is 1. The Morgan fingerprint density at radius 1 is 1.32 bits per heavy atom. The van der Waals surface area contributed by atoms with Gasteiger partial charge in [0, 0.05) is 26.1 Å². The molecule has 1 aliphatic rings. The van der Waals surface area contributed by atoms with Gasteiger partial charge in [-0.2, -0.15) is 0 Å². The maximum absolute atomic E-state index is 13.1. The fourth-order valence-corrected chi connectivity index (χ4v) is 3.02. The Balaban J connectivity index is 1.76. The van der Waals surface area contributed by atoms with Crippen LogP contribution in [0.1, 0.15) is 38.2 Å². The van der Waals surface area contributed by atoms with Crippen molar-refractivity contribution in [2.24, 2.45) is 0 Å². The van der Waals surface area contributed by atoms with Gasteiger partial charge < -0.3 is 10.2 Å². The maximum Gasteiger partial charge on any atom is 0.224 e. The average molecular weight is 306 g/mol. The average Bonchev–Trinajstić information content (AvgIpc) is 2.97. The number of amides is 2. The summed E-state index contributed by atoms with van der Waals surface area (Å²) in [5.74, 6) is -0.430. The lowest BCUT2D eigenvalue weighted by Gasteiger charge is -2.27. The molecule has 0 aliphatic heterocycles. The molecular weight excluding hydrogens is 283 g/mol. The number of hydrogen-bond acceptors (Lipinski definition) is 2. The van der Waals surface area contributed by atoms with Gasteiger partial charge in [-0.25, -0.2) is 4.39 Å². The molecule has 1 aromatic rings. The van der Waals surface area contributed by atoms with Crippen LogP contribution in [0, 0.1) is 5.82 Å². The summed E-state index contributed by atoms with van der Waals surface area (Å²) in [6, 6.07) is 6.35. The standard InChI is InChI=1S/C17H23FN2O2/c1-13(21)20(16-7-2-3-8-16)10-9-19-17(22)12-14-5-4-6-15(18)11-14/h4-6,11,16H,2-3,7-10,12H2,1H3,(H,19,22). The zero-order valence-electron chi connectivity index (χ0n) is 13.0. The van der Waals surface area contributed by atoms with Gasteiger partial charge in [0.25, 0.3) is 0 Å². The fourth-order valence-electron chi connectivity index (χ4n) is 3.02. The van der Waals surface area contributed by atoms with E-state index in [0.29, 0.717) is 24.7 Å². The third-order valence-electron chi connectivity index (χ3n) is 4.10. The number of rotatable bonds is 6. The second kappa shape index (κ2) is 7.92. The van der Waals surface area contributed by atoms with Gasteiger partial charge in [0.05, 0.1) is 6.42 Å². The molecule has 1 fully saturated rings. The van der Waals surface area contributed by atoms with E-state index in [1.54, 1.807) is 19.1 Å². The quantitative estimate of drug-likeness (QED) is 0.876. The smallest absolute Gasteiger partial charge is 0.224 e. The van der Waals surface area contributed by atoms with Crippen molar-refractivity contribution in [1.82, 2.24) is 10.2 Å². The number of carbonyl (C=O) groups is 2. The van der Waals surface area contributed by atoms with Crippen LogP contribution in [-0.2, 0) is 16.0 Å². The summed E-state index contributed by atoms with van der Waals surface area (Å²) in [6.07, 6.45) is 4.59. The van der Waals surface area contributed by atoms with E-state index < -0.39 is 0 Å². The van der Waals surface area contributed by atoms with Crippen LogP contribution in [0.15, 0.2) is 24.3 Å². The predicted octanol–water partition coefficient (Wildman–Crippen LogP) is 2.28. The summed E-state index contributed by atoms with van der Waals surface area (Å²) in [6.45, 7) is 2.55. The van der Waals surface area contributed by atoms with E-state index in [1.165, 1.54) is 25.0 Å². The van der Waals surface area contributed by atoms with E-state index in [2.05, 4.69) is 5.32 Å². The first kappa shape index (κ1) is 16.5. The first-order chi connectivity index (χ1) is 10.6. The van der Waals surface area contributed by atoms with Gasteiger partial charge in [0.15, 0.2) is 0 Å². The molecule has 1 aliphatic carbocycles. The Morgan fingerprint density at radius 2 is 2.05 bits per heavy atom. The maximum atomic E-state index is 13.1. The molecule has 1 aromatic carbocycles. The van der Waals surface area contributed by atoms with E-state index in [1.807, 2.05) is 4.90 Å². The van der Waals surface area contributed by atoms with Gasteiger partial charge in [-0.1, -0.05) is 25.0 Å². The first-order valence-corrected chi connectivity index (χ1v) is 7.84. The second-order valence-corrected chi connectivity index (χ2v) is 5.81. The van der Waals surface area contributed by atoms with Crippen molar-refractivity contribution in [2.45, 2.75) is 45.1 Å². The molecule has 0 spiro atoms.